The van der Waals surface area contributed by atoms with Gasteiger partial charge in [0.2, 0.25) is 11.8 Å². The second-order valence-electron chi connectivity index (χ2n) is 6.85. The van der Waals surface area contributed by atoms with Gasteiger partial charge < -0.3 is 10.2 Å². The summed E-state index contributed by atoms with van der Waals surface area (Å²) in [4.78, 5) is 27.1. The Morgan fingerprint density at radius 2 is 1.90 bits per heavy atom. The Balaban J connectivity index is 2.18. The van der Waals surface area contributed by atoms with Crippen molar-refractivity contribution in [2.24, 2.45) is 17.8 Å². The van der Waals surface area contributed by atoms with Crippen molar-refractivity contribution in [2.45, 2.75) is 65.5 Å². The molecular formula is C16H28N2O2. The van der Waals surface area contributed by atoms with Gasteiger partial charge in [-0.2, -0.15) is 0 Å². The van der Waals surface area contributed by atoms with E-state index >= 15 is 0 Å². The number of piperazine rings is 1. The minimum Gasteiger partial charge on any atom is -0.342 e. The van der Waals surface area contributed by atoms with E-state index < -0.39 is 0 Å². The topological polar surface area (TPSA) is 49.4 Å². The summed E-state index contributed by atoms with van der Waals surface area (Å²) in [5, 5.41) is 2.96. The average molecular weight is 280 g/mol. The van der Waals surface area contributed by atoms with E-state index in [0.29, 0.717) is 5.92 Å². The Morgan fingerprint density at radius 3 is 2.35 bits per heavy atom. The third kappa shape index (κ3) is 2.84. The summed E-state index contributed by atoms with van der Waals surface area (Å²) in [6, 6.07) is -0.619. The molecule has 1 heterocycles. The zero-order chi connectivity index (χ0) is 14.9. The minimum absolute atomic E-state index is 0.0317. The van der Waals surface area contributed by atoms with Crippen LogP contribution in [0.15, 0.2) is 0 Å². The van der Waals surface area contributed by atoms with Crippen LogP contribution in [0.5, 0.6) is 0 Å². The van der Waals surface area contributed by atoms with Crippen LogP contribution >= 0.6 is 0 Å². The molecule has 2 rings (SSSR count). The minimum atomic E-state index is -0.331. The molecule has 114 valence electrons. The molecule has 0 bridgehead atoms. The number of nitrogens with zero attached hydrogens (tertiary/aromatic N) is 1. The molecule has 0 aromatic rings. The highest BCUT2D eigenvalue weighted by Crippen LogP contribution is 2.30. The Hall–Kier alpha value is -1.06. The molecule has 4 heteroatoms. The van der Waals surface area contributed by atoms with Crippen molar-refractivity contribution in [1.82, 2.24) is 10.2 Å². The van der Waals surface area contributed by atoms with Crippen LogP contribution in [0.1, 0.15) is 53.4 Å². The van der Waals surface area contributed by atoms with Gasteiger partial charge >= 0.3 is 0 Å². The molecule has 1 saturated carbocycles. The summed E-state index contributed by atoms with van der Waals surface area (Å²) in [7, 11) is 0. The number of hydrogen-bond donors (Lipinski definition) is 1. The van der Waals surface area contributed by atoms with Crippen molar-refractivity contribution in [3.8, 4) is 0 Å². The molecule has 2 fully saturated rings. The second kappa shape index (κ2) is 6.15. The molecule has 0 radical (unpaired) electrons. The van der Waals surface area contributed by atoms with Crippen molar-refractivity contribution < 1.29 is 9.59 Å². The van der Waals surface area contributed by atoms with Crippen molar-refractivity contribution in [3.05, 3.63) is 0 Å². The van der Waals surface area contributed by atoms with Crippen LogP contribution in [0.3, 0.4) is 0 Å². The molecule has 1 saturated heterocycles. The first-order valence-electron chi connectivity index (χ1n) is 8.06. The summed E-state index contributed by atoms with van der Waals surface area (Å²) < 4.78 is 0. The van der Waals surface area contributed by atoms with E-state index in [2.05, 4.69) is 12.2 Å². The lowest BCUT2D eigenvalue weighted by Gasteiger charge is -2.44. The number of nitrogens with one attached hydrogen (secondary N) is 1. The summed E-state index contributed by atoms with van der Waals surface area (Å²) in [5.74, 6) is 1.12. The quantitative estimate of drug-likeness (QED) is 0.839. The van der Waals surface area contributed by atoms with Gasteiger partial charge in [0.05, 0.1) is 0 Å². The lowest BCUT2D eigenvalue weighted by molar-refractivity contribution is -0.154. The summed E-state index contributed by atoms with van der Waals surface area (Å²) in [6.07, 6.45) is 4.56. The summed E-state index contributed by atoms with van der Waals surface area (Å²) >= 11 is 0. The van der Waals surface area contributed by atoms with Crippen LogP contribution in [-0.2, 0) is 9.59 Å². The van der Waals surface area contributed by atoms with E-state index in [1.165, 1.54) is 19.3 Å². The van der Waals surface area contributed by atoms with Gasteiger partial charge in [-0.15, -0.1) is 0 Å². The molecule has 4 nitrogen and oxygen atoms in total. The molecule has 1 N–H and O–H groups in total. The van der Waals surface area contributed by atoms with Gasteiger partial charge in [-0.1, -0.05) is 40.5 Å². The van der Waals surface area contributed by atoms with Crippen LogP contribution in [0.4, 0.5) is 0 Å². The maximum atomic E-state index is 12.8. The molecule has 2 amide bonds. The van der Waals surface area contributed by atoms with Crippen molar-refractivity contribution in [3.63, 3.8) is 0 Å². The molecular weight excluding hydrogens is 252 g/mol. The van der Waals surface area contributed by atoms with E-state index in [0.717, 1.165) is 13.0 Å². The number of rotatable bonds is 5. The molecule has 0 aromatic carbocycles. The largest absolute Gasteiger partial charge is 0.342 e. The van der Waals surface area contributed by atoms with Crippen LogP contribution in [0.2, 0.25) is 0 Å². The molecule has 1 aliphatic carbocycles. The maximum absolute atomic E-state index is 12.8. The van der Waals surface area contributed by atoms with Gasteiger partial charge in [-0.3, -0.25) is 9.59 Å². The van der Waals surface area contributed by atoms with Crippen LogP contribution in [0, 0.1) is 17.8 Å². The third-order valence-electron chi connectivity index (χ3n) is 4.98. The van der Waals surface area contributed by atoms with E-state index in [1.807, 2.05) is 25.7 Å². The highest BCUT2D eigenvalue weighted by atomic mass is 16.2. The van der Waals surface area contributed by atoms with Gasteiger partial charge in [-0.25, -0.2) is 0 Å². The lowest BCUT2D eigenvalue weighted by atomic mass is 9.83. The highest BCUT2D eigenvalue weighted by Gasteiger charge is 2.44. The Labute approximate surface area is 122 Å². The molecule has 3 unspecified atom stereocenters. The maximum Gasteiger partial charge on any atom is 0.246 e. The first-order chi connectivity index (χ1) is 9.45. The summed E-state index contributed by atoms with van der Waals surface area (Å²) in [6.45, 7) is 8.92. The number of carbonyl (C=O) groups excluding carboxylic acids is 2. The van der Waals surface area contributed by atoms with E-state index in [4.69, 9.17) is 0 Å². The van der Waals surface area contributed by atoms with Crippen molar-refractivity contribution in [2.75, 3.05) is 6.54 Å². The van der Waals surface area contributed by atoms with Crippen LogP contribution < -0.4 is 5.32 Å². The fourth-order valence-electron chi connectivity index (χ4n) is 3.20. The molecule has 20 heavy (non-hydrogen) atoms. The first kappa shape index (κ1) is 15.3. The second-order valence-corrected chi connectivity index (χ2v) is 6.85. The molecule has 1 aliphatic heterocycles. The predicted molar refractivity (Wildman–Crippen MR) is 79.1 cm³/mol. The fraction of sp³-hybridized carbons (Fsp3) is 0.875. The number of amides is 2. The number of hydrogen-bond acceptors (Lipinski definition) is 2. The highest BCUT2D eigenvalue weighted by molar-refractivity contribution is 5.97. The molecule has 0 aromatic heterocycles. The van der Waals surface area contributed by atoms with Gasteiger partial charge in [0.25, 0.3) is 0 Å². The van der Waals surface area contributed by atoms with Crippen LogP contribution in [-0.4, -0.2) is 35.3 Å². The molecule has 3 atom stereocenters. The zero-order valence-corrected chi connectivity index (χ0v) is 13.2. The van der Waals surface area contributed by atoms with Gasteiger partial charge in [0, 0.05) is 6.54 Å². The third-order valence-corrected chi connectivity index (χ3v) is 4.98. The van der Waals surface area contributed by atoms with Gasteiger partial charge in [-0.05, 0) is 30.6 Å². The van der Waals surface area contributed by atoms with Crippen molar-refractivity contribution in [1.29, 1.82) is 0 Å². The fourth-order valence-corrected chi connectivity index (χ4v) is 3.20. The lowest BCUT2D eigenvalue weighted by Crippen LogP contribution is -2.67. The Morgan fingerprint density at radius 1 is 1.25 bits per heavy atom. The van der Waals surface area contributed by atoms with Gasteiger partial charge in [0.15, 0.2) is 0 Å². The zero-order valence-electron chi connectivity index (χ0n) is 13.2. The number of carbonyl (C=O) groups is 2. The monoisotopic (exact) mass is 280 g/mol. The van der Waals surface area contributed by atoms with E-state index in [1.54, 1.807) is 0 Å². The molecule has 0 spiro atoms. The Bertz CT molecular complexity index is 377. The SMILES string of the molecule is CCC(C)C1NC(=O)C(C(C)C)N(CC2CCC2)C1=O. The smallest absolute Gasteiger partial charge is 0.246 e. The van der Waals surface area contributed by atoms with Gasteiger partial charge in [0.1, 0.15) is 12.1 Å². The summed E-state index contributed by atoms with van der Waals surface area (Å²) in [5.41, 5.74) is 0. The molecule has 2 aliphatic rings. The Kier molecular flexibility index (Phi) is 4.71. The standard InChI is InChI=1S/C16H28N2O2/c1-5-11(4)13-16(20)18(9-12-7-6-8-12)14(10(2)3)15(19)17-13/h10-14H,5-9H2,1-4H3,(H,17,19). The van der Waals surface area contributed by atoms with E-state index in [-0.39, 0.29) is 35.7 Å². The predicted octanol–water partition coefficient (Wildman–Crippen LogP) is 2.18. The normalized spacial score (nSPS) is 29.4. The average Bonchev–Trinajstić information content (AvgIpc) is 2.35. The van der Waals surface area contributed by atoms with E-state index in [9.17, 15) is 9.59 Å². The first-order valence-corrected chi connectivity index (χ1v) is 8.06. The van der Waals surface area contributed by atoms with Crippen molar-refractivity contribution >= 4 is 11.8 Å². The van der Waals surface area contributed by atoms with Crippen LogP contribution in [0.25, 0.3) is 0 Å².